The Balaban J connectivity index is 1.57. The Morgan fingerprint density at radius 2 is 1.06 bits per heavy atom. The van der Waals surface area contributed by atoms with Gasteiger partial charge < -0.3 is 9.30 Å². The minimum absolute atomic E-state index is 1.15. The van der Waals surface area contributed by atoms with E-state index in [9.17, 15) is 0 Å². The Hall–Kier alpha value is -4.30. The maximum atomic E-state index is 2.44. The highest BCUT2D eigenvalue weighted by atomic mass is 15.1. The van der Waals surface area contributed by atoms with Crippen molar-refractivity contribution in [3.05, 3.63) is 121 Å². The van der Waals surface area contributed by atoms with E-state index in [4.69, 9.17) is 0 Å². The number of aromatic nitrogens is 1. The van der Waals surface area contributed by atoms with Crippen LogP contribution in [0.4, 0.5) is 17.1 Å². The van der Waals surface area contributed by atoms with E-state index in [1.807, 2.05) is 0 Å². The molecule has 0 fully saturated rings. The van der Waals surface area contributed by atoms with E-state index in [1.54, 1.807) is 0 Å². The molecule has 0 atom stereocenters. The monoisotopic (exact) mass is 422 g/mol. The Labute approximate surface area is 192 Å². The van der Waals surface area contributed by atoms with E-state index in [2.05, 4.69) is 131 Å². The van der Waals surface area contributed by atoms with E-state index in [-0.39, 0.29) is 0 Å². The number of hydrogen-bond acceptors (Lipinski definition) is 1. The van der Waals surface area contributed by atoms with Gasteiger partial charge in [0.1, 0.15) is 0 Å². The van der Waals surface area contributed by atoms with Gasteiger partial charge in [0.05, 0.1) is 16.6 Å². The van der Waals surface area contributed by atoms with E-state index in [0.29, 0.717) is 0 Å². The molecule has 0 saturated heterocycles. The summed E-state index contributed by atoms with van der Waals surface area (Å²) in [5.74, 6) is 0. The first-order valence-electron chi connectivity index (χ1n) is 11.4. The molecule has 7 aromatic rings. The lowest BCUT2D eigenvalue weighted by molar-refractivity contribution is 1.29. The van der Waals surface area contributed by atoms with Crippen molar-refractivity contribution in [3.8, 4) is 0 Å². The fourth-order valence-electron chi connectivity index (χ4n) is 5.37. The largest absolute Gasteiger partial charge is 0.310 e. The Morgan fingerprint density at radius 3 is 1.76 bits per heavy atom. The molecule has 0 aliphatic carbocycles. The van der Waals surface area contributed by atoms with Gasteiger partial charge in [-0.1, -0.05) is 54.6 Å². The van der Waals surface area contributed by atoms with Crippen molar-refractivity contribution in [1.82, 2.24) is 4.40 Å². The summed E-state index contributed by atoms with van der Waals surface area (Å²) in [6, 6.07) is 41.5. The summed E-state index contributed by atoms with van der Waals surface area (Å²) in [5.41, 5.74) is 8.61. The van der Waals surface area contributed by atoms with Crippen LogP contribution in [0.1, 0.15) is 5.56 Å². The normalized spacial score (nSPS) is 11.8. The van der Waals surface area contributed by atoms with Crippen LogP contribution in [0.5, 0.6) is 0 Å². The van der Waals surface area contributed by atoms with Gasteiger partial charge in [-0.2, -0.15) is 0 Å². The molecule has 33 heavy (non-hydrogen) atoms. The smallest absolute Gasteiger partial charge is 0.0620 e. The molecule has 0 N–H and O–H groups in total. The molecule has 5 aromatic carbocycles. The van der Waals surface area contributed by atoms with Crippen LogP contribution < -0.4 is 4.90 Å². The number of hydrogen-bond donors (Lipinski definition) is 0. The lowest BCUT2D eigenvalue weighted by Crippen LogP contribution is -2.09. The summed E-state index contributed by atoms with van der Waals surface area (Å²) >= 11 is 0. The van der Waals surface area contributed by atoms with Crippen molar-refractivity contribution in [2.24, 2.45) is 0 Å². The molecule has 0 bridgehead atoms. The molecular formula is C31H22N2. The van der Waals surface area contributed by atoms with Crippen LogP contribution in [0.3, 0.4) is 0 Å². The van der Waals surface area contributed by atoms with Crippen molar-refractivity contribution in [2.75, 3.05) is 4.90 Å². The molecule has 2 nitrogen and oxygen atoms in total. The van der Waals surface area contributed by atoms with Crippen LogP contribution in [0.25, 0.3) is 38.1 Å². The van der Waals surface area contributed by atoms with Crippen LogP contribution in [0, 0.1) is 6.92 Å². The van der Waals surface area contributed by atoms with Crippen LogP contribution in [0.2, 0.25) is 0 Å². The average Bonchev–Trinajstić information content (AvgIpc) is 3.36. The average molecular weight is 423 g/mol. The number of aryl methyl sites for hydroxylation is 1. The number of fused-ring (bicyclic) bond motifs is 6. The van der Waals surface area contributed by atoms with E-state index in [1.165, 1.54) is 43.7 Å². The zero-order valence-electron chi connectivity index (χ0n) is 18.4. The highest BCUT2D eigenvalue weighted by Crippen LogP contribution is 2.42. The molecule has 0 radical (unpaired) electrons. The van der Waals surface area contributed by atoms with Crippen LogP contribution in [-0.4, -0.2) is 4.40 Å². The molecule has 0 amide bonds. The fraction of sp³-hybridized carbons (Fsp3) is 0.0323. The van der Waals surface area contributed by atoms with Gasteiger partial charge in [-0.05, 0) is 73.2 Å². The van der Waals surface area contributed by atoms with Gasteiger partial charge in [0.15, 0.2) is 0 Å². The van der Waals surface area contributed by atoms with Gasteiger partial charge in [0.25, 0.3) is 0 Å². The van der Waals surface area contributed by atoms with Crippen molar-refractivity contribution >= 4 is 55.2 Å². The summed E-state index contributed by atoms with van der Waals surface area (Å²) in [5, 5.41) is 5.27. The molecular weight excluding hydrogens is 400 g/mol. The summed E-state index contributed by atoms with van der Waals surface area (Å²) in [6.07, 6.45) is 0. The van der Waals surface area contributed by atoms with E-state index >= 15 is 0 Å². The first-order valence-corrected chi connectivity index (χ1v) is 11.4. The second-order valence-corrected chi connectivity index (χ2v) is 8.77. The first kappa shape index (κ1) is 18.3. The van der Waals surface area contributed by atoms with Gasteiger partial charge in [0.2, 0.25) is 0 Å². The summed E-state index contributed by atoms with van der Waals surface area (Å²) in [6.45, 7) is 2.20. The lowest BCUT2D eigenvalue weighted by Gasteiger charge is -2.25. The van der Waals surface area contributed by atoms with Crippen molar-refractivity contribution in [1.29, 1.82) is 0 Å². The molecule has 2 heterocycles. The Morgan fingerprint density at radius 1 is 0.485 bits per heavy atom. The molecule has 0 saturated carbocycles. The number of rotatable bonds is 3. The van der Waals surface area contributed by atoms with E-state index in [0.717, 1.165) is 17.1 Å². The SMILES string of the molecule is Cc1cc2c3ccccc3n3c4ccc(N(c5ccccc5)c5ccccc5)cc4c(c1)c23. The topological polar surface area (TPSA) is 7.65 Å². The minimum Gasteiger partial charge on any atom is -0.310 e. The molecule has 2 aromatic heterocycles. The van der Waals surface area contributed by atoms with Gasteiger partial charge in [0, 0.05) is 38.6 Å². The quantitative estimate of drug-likeness (QED) is 0.276. The number of nitrogens with zero attached hydrogens (tertiary/aromatic N) is 2. The third kappa shape index (κ3) is 2.61. The van der Waals surface area contributed by atoms with Crippen molar-refractivity contribution < 1.29 is 0 Å². The fourth-order valence-corrected chi connectivity index (χ4v) is 5.37. The minimum atomic E-state index is 1.15. The van der Waals surface area contributed by atoms with Crippen LogP contribution in [-0.2, 0) is 0 Å². The summed E-state index contributed by atoms with van der Waals surface area (Å²) < 4.78 is 2.44. The van der Waals surface area contributed by atoms with Gasteiger partial charge in [-0.25, -0.2) is 0 Å². The van der Waals surface area contributed by atoms with Crippen molar-refractivity contribution in [2.45, 2.75) is 6.92 Å². The standard InChI is InChI=1S/C31H22N2/c1-21-18-27-25-14-8-9-15-29(25)33-30-17-16-24(20-26(30)28(19-21)31(27)33)32(22-10-4-2-5-11-22)23-12-6-3-7-13-23/h2-20H,1H3. The molecule has 0 spiro atoms. The Bertz CT molecular complexity index is 1720. The molecule has 0 aliphatic heterocycles. The maximum absolute atomic E-state index is 2.44. The third-order valence-electron chi connectivity index (χ3n) is 6.71. The number of anilines is 3. The zero-order valence-corrected chi connectivity index (χ0v) is 18.4. The first-order chi connectivity index (χ1) is 16.3. The predicted molar refractivity (Wildman–Crippen MR) is 141 cm³/mol. The highest BCUT2D eigenvalue weighted by Gasteiger charge is 2.19. The Kier molecular flexibility index (Phi) is 3.80. The van der Waals surface area contributed by atoms with Crippen LogP contribution >= 0.6 is 0 Å². The van der Waals surface area contributed by atoms with Gasteiger partial charge in [-0.15, -0.1) is 0 Å². The molecule has 7 rings (SSSR count). The molecule has 0 unspecified atom stereocenters. The highest BCUT2D eigenvalue weighted by molar-refractivity contribution is 6.23. The maximum Gasteiger partial charge on any atom is 0.0620 e. The number of para-hydroxylation sites is 3. The van der Waals surface area contributed by atoms with Gasteiger partial charge >= 0.3 is 0 Å². The molecule has 0 aliphatic rings. The predicted octanol–water partition coefficient (Wildman–Crippen LogP) is 8.61. The van der Waals surface area contributed by atoms with Crippen LogP contribution in [0.15, 0.2) is 115 Å². The van der Waals surface area contributed by atoms with Gasteiger partial charge in [-0.3, -0.25) is 0 Å². The molecule has 156 valence electrons. The lowest BCUT2D eigenvalue weighted by atomic mass is 10.0. The summed E-state index contributed by atoms with van der Waals surface area (Å²) in [7, 11) is 0. The molecule has 2 heteroatoms. The van der Waals surface area contributed by atoms with Crippen molar-refractivity contribution in [3.63, 3.8) is 0 Å². The second-order valence-electron chi connectivity index (χ2n) is 8.77. The number of benzene rings is 5. The third-order valence-corrected chi connectivity index (χ3v) is 6.71. The zero-order chi connectivity index (χ0) is 21.9. The second kappa shape index (κ2) is 6.85. The summed E-state index contributed by atoms with van der Waals surface area (Å²) in [4.78, 5) is 2.33. The van der Waals surface area contributed by atoms with E-state index < -0.39 is 0 Å².